The van der Waals surface area contributed by atoms with Crippen LogP contribution in [0.2, 0.25) is 0 Å². The number of carbonyl (C=O) groups is 1. The van der Waals surface area contributed by atoms with Crippen molar-refractivity contribution in [1.29, 1.82) is 0 Å². The average molecular weight is 498 g/mol. The summed E-state index contributed by atoms with van der Waals surface area (Å²) in [6.45, 7) is 10.8. The Morgan fingerprint density at radius 3 is 2.42 bits per heavy atom. The van der Waals surface area contributed by atoms with Crippen LogP contribution in [-0.2, 0) is 4.79 Å². The van der Waals surface area contributed by atoms with Crippen molar-refractivity contribution in [1.82, 2.24) is 9.47 Å². The molecular formula is C31H35N3OS. The van der Waals surface area contributed by atoms with E-state index in [4.69, 9.17) is 4.99 Å². The molecule has 0 spiro atoms. The first-order valence-corrected chi connectivity index (χ1v) is 13.8. The highest BCUT2D eigenvalue weighted by Crippen LogP contribution is 2.40. The average Bonchev–Trinajstić information content (AvgIpc) is 3.31. The van der Waals surface area contributed by atoms with E-state index in [0.717, 1.165) is 57.7 Å². The van der Waals surface area contributed by atoms with Gasteiger partial charge in [0.15, 0.2) is 5.17 Å². The number of carbonyl (C=O) groups excluding carboxylic acids is 1. The minimum Gasteiger partial charge on any atom is -0.318 e. The molecule has 2 heterocycles. The van der Waals surface area contributed by atoms with E-state index in [1.54, 1.807) is 0 Å². The zero-order valence-electron chi connectivity index (χ0n) is 21.9. The van der Waals surface area contributed by atoms with Crippen LogP contribution in [0.3, 0.4) is 0 Å². The molecule has 0 unspecified atom stereocenters. The molecule has 2 aliphatic rings. The van der Waals surface area contributed by atoms with Crippen LogP contribution in [0.15, 0.2) is 64.5 Å². The van der Waals surface area contributed by atoms with Crippen LogP contribution in [-0.4, -0.2) is 26.6 Å². The van der Waals surface area contributed by atoms with Gasteiger partial charge in [-0.1, -0.05) is 44.0 Å². The summed E-state index contributed by atoms with van der Waals surface area (Å²) in [5.74, 6) is 0.558. The van der Waals surface area contributed by atoms with E-state index in [1.807, 2.05) is 35.2 Å². The van der Waals surface area contributed by atoms with Gasteiger partial charge in [0.1, 0.15) is 0 Å². The fourth-order valence-electron chi connectivity index (χ4n) is 5.49. The maximum Gasteiger partial charge on any atom is 0.267 e. The maximum absolute atomic E-state index is 13.9. The molecule has 186 valence electrons. The molecule has 0 radical (unpaired) electrons. The third-order valence-electron chi connectivity index (χ3n) is 7.72. The Labute approximate surface area is 219 Å². The molecule has 36 heavy (non-hydrogen) atoms. The number of amides is 1. The fraction of sp³-hybridized carbons (Fsp3) is 0.355. The van der Waals surface area contributed by atoms with E-state index in [1.165, 1.54) is 29.3 Å². The second-order valence-corrected chi connectivity index (χ2v) is 11.3. The third-order valence-corrected chi connectivity index (χ3v) is 8.70. The molecule has 5 rings (SSSR count). The Kier molecular flexibility index (Phi) is 6.94. The minimum atomic E-state index is 0.0874. The first-order valence-electron chi connectivity index (χ1n) is 13.0. The quantitative estimate of drug-likeness (QED) is 0.344. The van der Waals surface area contributed by atoms with Gasteiger partial charge in [-0.15, -0.1) is 0 Å². The van der Waals surface area contributed by atoms with Crippen LogP contribution in [0.25, 0.3) is 11.8 Å². The molecule has 1 saturated carbocycles. The lowest BCUT2D eigenvalue weighted by molar-refractivity contribution is -0.124. The number of aliphatic imine (C=N–C) groups is 1. The molecule has 5 heteroatoms. The molecule has 4 nitrogen and oxygen atoms in total. The van der Waals surface area contributed by atoms with Gasteiger partial charge in [-0.25, -0.2) is 4.99 Å². The Morgan fingerprint density at radius 2 is 1.69 bits per heavy atom. The standard InChI is InChI=1S/C31H35N3OS/c1-20-15-16-27(17-22(20)3)33-23(4)18-25(24(33)5)19-29-30(35)34(28-14-10-9-11-21(28)2)31(36-29)32-26-12-7-6-8-13-26/h6-8,12-13,15-19,21,28H,9-11,14H2,1-5H3/b29-19-,32-31?/t21-,28-/m0/s1. The van der Waals surface area contributed by atoms with Crippen LogP contribution >= 0.6 is 11.8 Å². The van der Waals surface area contributed by atoms with Gasteiger partial charge in [-0.3, -0.25) is 9.69 Å². The molecule has 0 bridgehead atoms. The van der Waals surface area contributed by atoms with Gasteiger partial charge >= 0.3 is 0 Å². The zero-order chi connectivity index (χ0) is 25.4. The lowest BCUT2D eigenvalue weighted by Gasteiger charge is -2.35. The second kappa shape index (κ2) is 10.1. The highest BCUT2D eigenvalue weighted by molar-refractivity contribution is 8.18. The van der Waals surface area contributed by atoms with Crippen LogP contribution < -0.4 is 0 Å². The van der Waals surface area contributed by atoms with Crippen molar-refractivity contribution in [2.24, 2.45) is 10.9 Å². The Balaban J connectivity index is 1.54. The minimum absolute atomic E-state index is 0.0874. The lowest BCUT2D eigenvalue weighted by atomic mass is 9.85. The topological polar surface area (TPSA) is 37.6 Å². The van der Waals surface area contributed by atoms with Gasteiger partial charge in [0.2, 0.25) is 0 Å². The van der Waals surface area contributed by atoms with E-state index in [-0.39, 0.29) is 11.9 Å². The summed E-state index contributed by atoms with van der Waals surface area (Å²) in [6, 6.07) is 18.9. The van der Waals surface area contributed by atoms with Gasteiger partial charge in [-0.2, -0.15) is 0 Å². The molecule has 2 fully saturated rings. The number of benzene rings is 2. The number of hydrogen-bond acceptors (Lipinski definition) is 3. The van der Waals surface area contributed by atoms with E-state index < -0.39 is 0 Å². The van der Waals surface area contributed by atoms with Gasteiger partial charge in [0.25, 0.3) is 5.91 Å². The summed E-state index contributed by atoms with van der Waals surface area (Å²) in [6.07, 6.45) is 6.67. The van der Waals surface area contributed by atoms with Crippen LogP contribution in [0, 0.1) is 33.6 Å². The highest BCUT2D eigenvalue weighted by atomic mass is 32.2. The van der Waals surface area contributed by atoms with Crippen LogP contribution in [0.4, 0.5) is 5.69 Å². The molecule has 2 aromatic carbocycles. The number of para-hydroxylation sites is 1. The van der Waals surface area contributed by atoms with Crippen LogP contribution in [0.1, 0.15) is 60.7 Å². The Hall–Kier alpha value is -3.05. The summed E-state index contributed by atoms with van der Waals surface area (Å²) >= 11 is 1.51. The normalized spacial score (nSPS) is 22.7. The van der Waals surface area contributed by atoms with E-state index >= 15 is 0 Å². The van der Waals surface area contributed by atoms with Crippen molar-refractivity contribution in [3.63, 3.8) is 0 Å². The second-order valence-electron chi connectivity index (χ2n) is 10.3. The summed E-state index contributed by atoms with van der Waals surface area (Å²) in [5.41, 5.74) is 8.00. The molecule has 1 aliphatic carbocycles. The zero-order valence-corrected chi connectivity index (χ0v) is 22.7. The summed E-state index contributed by atoms with van der Waals surface area (Å²) in [7, 11) is 0. The van der Waals surface area contributed by atoms with Crippen LogP contribution in [0.5, 0.6) is 0 Å². The summed E-state index contributed by atoms with van der Waals surface area (Å²) < 4.78 is 2.28. The Morgan fingerprint density at radius 1 is 0.944 bits per heavy atom. The lowest BCUT2D eigenvalue weighted by Crippen LogP contribution is -2.44. The molecule has 3 aromatic rings. The van der Waals surface area contributed by atoms with Crippen molar-refractivity contribution in [3.8, 4) is 5.69 Å². The monoisotopic (exact) mass is 497 g/mol. The number of nitrogens with zero attached hydrogens (tertiary/aromatic N) is 3. The largest absolute Gasteiger partial charge is 0.318 e. The summed E-state index contributed by atoms with van der Waals surface area (Å²) in [5, 5.41) is 0.805. The SMILES string of the molecule is Cc1ccc(-n2c(C)cc(/C=C3\SC(=Nc4ccccc4)N([C@H]4CCCC[C@@H]4C)C3=O)c2C)cc1C. The van der Waals surface area contributed by atoms with Gasteiger partial charge in [0.05, 0.1) is 10.6 Å². The highest BCUT2D eigenvalue weighted by Gasteiger charge is 2.41. The van der Waals surface area contributed by atoms with Gasteiger partial charge in [0, 0.05) is 23.1 Å². The van der Waals surface area contributed by atoms with Crippen molar-refractivity contribution in [3.05, 3.63) is 87.6 Å². The number of rotatable bonds is 4. The number of aryl methyl sites for hydroxylation is 3. The predicted octanol–water partition coefficient (Wildman–Crippen LogP) is 7.89. The van der Waals surface area contributed by atoms with Crippen molar-refractivity contribution >= 4 is 34.6 Å². The number of aromatic nitrogens is 1. The molecule has 0 N–H and O–H groups in total. The van der Waals surface area contributed by atoms with Crippen molar-refractivity contribution in [2.45, 2.75) is 66.3 Å². The fourth-order valence-corrected chi connectivity index (χ4v) is 6.52. The smallest absolute Gasteiger partial charge is 0.267 e. The predicted molar refractivity (Wildman–Crippen MR) is 152 cm³/mol. The number of amidine groups is 1. The van der Waals surface area contributed by atoms with E-state index in [2.05, 4.69) is 69.5 Å². The molecule has 1 aliphatic heterocycles. The molecule has 1 aromatic heterocycles. The summed E-state index contributed by atoms with van der Waals surface area (Å²) in [4.78, 5) is 21.5. The molecular weight excluding hydrogens is 462 g/mol. The van der Waals surface area contributed by atoms with Crippen molar-refractivity contribution < 1.29 is 4.79 Å². The first kappa shape index (κ1) is 24.6. The van der Waals surface area contributed by atoms with Gasteiger partial charge < -0.3 is 4.57 Å². The molecule has 1 saturated heterocycles. The molecule has 2 atom stereocenters. The molecule has 1 amide bonds. The van der Waals surface area contributed by atoms with E-state index in [9.17, 15) is 4.79 Å². The van der Waals surface area contributed by atoms with E-state index in [0.29, 0.717) is 5.92 Å². The Bertz CT molecular complexity index is 1350. The first-order chi connectivity index (χ1) is 17.3. The maximum atomic E-state index is 13.9. The number of hydrogen-bond donors (Lipinski definition) is 0. The van der Waals surface area contributed by atoms with Gasteiger partial charge in [-0.05, 0) is 111 Å². The number of thioether (sulfide) groups is 1. The van der Waals surface area contributed by atoms with Crippen molar-refractivity contribution in [2.75, 3.05) is 0 Å². The third kappa shape index (κ3) is 4.69.